The number of carbonyl (C=O) groups excluding carboxylic acids is 1. The first-order chi connectivity index (χ1) is 9.72. The summed E-state index contributed by atoms with van der Waals surface area (Å²) >= 11 is 0. The maximum Gasteiger partial charge on any atom is 0.193 e. The van der Waals surface area contributed by atoms with E-state index in [9.17, 15) is 9.18 Å². The highest BCUT2D eigenvalue weighted by Crippen LogP contribution is 2.18. The molecule has 1 fully saturated rings. The lowest BCUT2D eigenvalue weighted by molar-refractivity contribution is 0.103. The predicted molar refractivity (Wildman–Crippen MR) is 71.5 cm³/mol. The molecule has 4 heteroatoms. The van der Waals surface area contributed by atoms with E-state index in [2.05, 4.69) is 0 Å². The van der Waals surface area contributed by atoms with Gasteiger partial charge in [-0.1, -0.05) is 0 Å². The van der Waals surface area contributed by atoms with Crippen molar-refractivity contribution in [3.8, 4) is 5.75 Å². The summed E-state index contributed by atoms with van der Waals surface area (Å²) in [6, 6.07) is 12.4. The van der Waals surface area contributed by atoms with Crippen LogP contribution in [0.25, 0.3) is 0 Å². The maximum atomic E-state index is 12.8. The van der Waals surface area contributed by atoms with Gasteiger partial charge >= 0.3 is 0 Å². The van der Waals surface area contributed by atoms with Gasteiger partial charge in [-0.2, -0.15) is 0 Å². The SMILES string of the molecule is O=C(c1ccc(F)cc1)c1ccc(OCC2CO2)cc1. The van der Waals surface area contributed by atoms with E-state index >= 15 is 0 Å². The van der Waals surface area contributed by atoms with Crippen LogP contribution in [0.5, 0.6) is 5.75 Å². The second-order valence-electron chi connectivity index (χ2n) is 4.63. The predicted octanol–water partition coefficient (Wildman–Crippen LogP) is 2.83. The van der Waals surface area contributed by atoms with Crippen molar-refractivity contribution in [2.45, 2.75) is 6.10 Å². The number of halogens is 1. The summed E-state index contributed by atoms with van der Waals surface area (Å²) in [6.07, 6.45) is 0.204. The molecule has 1 aliphatic heterocycles. The van der Waals surface area contributed by atoms with Gasteiger partial charge in [-0.25, -0.2) is 4.39 Å². The van der Waals surface area contributed by atoms with Crippen molar-refractivity contribution in [1.29, 1.82) is 0 Å². The third-order valence-corrected chi connectivity index (χ3v) is 3.06. The van der Waals surface area contributed by atoms with Gasteiger partial charge in [0.25, 0.3) is 0 Å². The van der Waals surface area contributed by atoms with Crippen molar-refractivity contribution in [2.24, 2.45) is 0 Å². The lowest BCUT2D eigenvalue weighted by Gasteiger charge is -2.05. The Morgan fingerprint density at radius 3 is 2.20 bits per heavy atom. The van der Waals surface area contributed by atoms with Gasteiger partial charge in [-0.15, -0.1) is 0 Å². The molecule has 1 heterocycles. The fourth-order valence-corrected chi connectivity index (χ4v) is 1.82. The lowest BCUT2D eigenvalue weighted by atomic mass is 10.0. The molecule has 0 aromatic heterocycles. The molecule has 3 rings (SSSR count). The minimum atomic E-state index is -0.354. The molecule has 1 atom stereocenters. The largest absolute Gasteiger partial charge is 0.491 e. The van der Waals surface area contributed by atoms with Gasteiger partial charge in [-0.3, -0.25) is 4.79 Å². The molecule has 0 spiro atoms. The van der Waals surface area contributed by atoms with E-state index in [0.717, 1.165) is 6.61 Å². The molecular formula is C16H13FO3. The molecule has 0 saturated carbocycles. The molecular weight excluding hydrogens is 259 g/mol. The zero-order chi connectivity index (χ0) is 13.9. The van der Waals surface area contributed by atoms with Gasteiger partial charge in [0.05, 0.1) is 6.61 Å². The van der Waals surface area contributed by atoms with E-state index < -0.39 is 0 Å². The maximum absolute atomic E-state index is 12.8. The van der Waals surface area contributed by atoms with Crippen LogP contribution in [0.4, 0.5) is 4.39 Å². The van der Waals surface area contributed by atoms with Crippen molar-refractivity contribution < 1.29 is 18.7 Å². The van der Waals surface area contributed by atoms with Gasteiger partial charge in [0.1, 0.15) is 24.3 Å². The third kappa shape index (κ3) is 3.03. The summed E-state index contributed by atoms with van der Waals surface area (Å²) in [4.78, 5) is 12.2. The smallest absolute Gasteiger partial charge is 0.193 e. The van der Waals surface area contributed by atoms with Gasteiger partial charge in [0.15, 0.2) is 5.78 Å². The molecule has 1 aliphatic rings. The topological polar surface area (TPSA) is 38.8 Å². The molecule has 2 aromatic carbocycles. The van der Waals surface area contributed by atoms with Crippen LogP contribution in [0.3, 0.4) is 0 Å². The molecule has 20 heavy (non-hydrogen) atoms. The highest BCUT2D eigenvalue weighted by molar-refractivity contribution is 6.08. The van der Waals surface area contributed by atoms with Crippen LogP contribution in [-0.4, -0.2) is 25.1 Å². The molecule has 0 bridgehead atoms. The number of benzene rings is 2. The number of carbonyl (C=O) groups is 1. The average Bonchev–Trinajstić information content (AvgIpc) is 3.30. The highest BCUT2D eigenvalue weighted by atomic mass is 19.1. The Morgan fingerprint density at radius 2 is 1.65 bits per heavy atom. The summed E-state index contributed by atoms with van der Waals surface area (Å²) in [7, 11) is 0. The van der Waals surface area contributed by atoms with Crippen LogP contribution in [0.15, 0.2) is 48.5 Å². The Bertz CT molecular complexity index is 601. The van der Waals surface area contributed by atoms with Gasteiger partial charge < -0.3 is 9.47 Å². The van der Waals surface area contributed by atoms with Crippen molar-refractivity contribution in [2.75, 3.05) is 13.2 Å². The minimum Gasteiger partial charge on any atom is -0.491 e. The molecule has 2 aromatic rings. The molecule has 0 aliphatic carbocycles. The first kappa shape index (κ1) is 12.8. The van der Waals surface area contributed by atoms with Crippen LogP contribution in [-0.2, 0) is 4.74 Å². The molecule has 0 N–H and O–H groups in total. The molecule has 0 amide bonds. The Kier molecular flexibility index (Phi) is 3.48. The van der Waals surface area contributed by atoms with E-state index in [1.54, 1.807) is 24.3 Å². The van der Waals surface area contributed by atoms with E-state index in [4.69, 9.17) is 9.47 Å². The molecule has 1 saturated heterocycles. The third-order valence-electron chi connectivity index (χ3n) is 3.06. The second-order valence-corrected chi connectivity index (χ2v) is 4.63. The summed E-state index contributed by atoms with van der Waals surface area (Å²) in [6.45, 7) is 1.28. The van der Waals surface area contributed by atoms with E-state index in [0.29, 0.717) is 23.5 Å². The van der Waals surface area contributed by atoms with Gasteiger partial charge in [-0.05, 0) is 48.5 Å². The number of hydrogen-bond donors (Lipinski definition) is 0. The normalized spacial score (nSPS) is 16.8. The standard InChI is InChI=1S/C16H13FO3/c17-13-5-1-11(2-6-13)16(18)12-3-7-14(8-4-12)19-9-15-10-20-15/h1-8,15H,9-10H2. The lowest BCUT2D eigenvalue weighted by Crippen LogP contribution is -2.05. The Morgan fingerprint density at radius 1 is 1.10 bits per heavy atom. The van der Waals surface area contributed by atoms with E-state index in [1.165, 1.54) is 24.3 Å². The number of rotatable bonds is 5. The minimum absolute atomic E-state index is 0.137. The zero-order valence-electron chi connectivity index (χ0n) is 10.7. The summed E-state index contributed by atoms with van der Waals surface area (Å²) < 4.78 is 23.4. The first-order valence-electron chi connectivity index (χ1n) is 6.37. The van der Waals surface area contributed by atoms with Crippen LogP contribution in [0.1, 0.15) is 15.9 Å². The van der Waals surface area contributed by atoms with Crippen molar-refractivity contribution >= 4 is 5.78 Å². The van der Waals surface area contributed by atoms with Crippen LogP contribution in [0.2, 0.25) is 0 Å². The summed E-state index contributed by atoms with van der Waals surface area (Å²) in [5.74, 6) is 0.214. The van der Waals surface area contributed by atoms with Crippen molar-refractivity contribution in [3.05, 3.63) is 65.5 Å². The van der Waals surface area contributed by atoms with Gasteiger partial charge in [0, 0.05) is 11.1 Å². The number of epoxide rings is 1. The van der Waals surface area contributed by atoms with E-state index in [-0.39, 0.29) is 17.7 Å². The van der Waals surface area contributed by atoms with Gasteiger partial charge in [0.2, 0.25) is 0 Å². The second kappa shape index (κ2) is 5.43. The highest BCUT2D eigenvalue weighted by Gasteiger charge is 2.23. The van der Waals surface area contributed by atoms with Crippen LogP contribution >= 0.6 is 0 Å². The fourth-order valence-electron chi connectivity index (χ4n) is 1.82. The number of hydrogen-bond acceptors (Lipinski definition) is 3. The number of ether oxygens (including phenoxy) is 2. The first-order valence-corrected chi connectivity index (χ1v) is 6.37. The van der Waals surface area contributed by atoms with E-state index in [1.807, 2.05) is 0 Å². The fraction of sp³-hybridized carbons (Fsp3) is 0.188. The summed E-state index contributed by atoms with van der Waals surface area (Å²) in [5, 5.41) is 0. The Balaban J connectivity index is 1.69. The quantitative estimate of drug-likeness (QED) is 0.620. The molecule has 102 valence electrons. The average molecular weight is 272 g/mol. The Labute approximate surface area is 115 Å². The summed E-state index contributed by atoms with van der Waals surface area (Å²) in [5.41, 5.74) is 1.01. The zero-order valence-corrected chi connectivity index (χ0v) is 10.7. The van der Waals surface area contributed by atoms with Crippen LogP contribution in [0, 0.1) is 5.82 Å². The number of ketones is 1. The molecule has 0 radical (unpaired) electrons. The Hall–Kier alpha value is -2.20. The van der Waals surface area contributed by atoms with Crippen LogP contribution < -0.4 is 4.74 Å². The molecule has 1 unspecified atom stereocenters. The van der Waals surface area contributed by atoms with Crippen molar-refractivity contribution in [3.63, 3.8) is 0 Å². The monoisotopic (exact) mass is 272 g/mol. The molecule has 3 nitrogen and oxygen atoms in total. The van der Waals surface area contributed by atoms with Crippen molar-refractivity contribution in [1.82, 2.24) is 0 Å².